The van der Waals surface area contributed by atoms with Gasteiger partial charge in [0, 0.05) is 11.6 Å². The van der Waals surface area contributed by atoms with Crippen LogP contribution in [0.15, 0.2) is 18.2 Å². The Morgan fingerprint density at radius 1 is 1.28 bits per heavy atom. The highest BCUT2D eigenvalue weighted by Crippen LogP contribution is 2.32. The van der Waals surface area contributed by atoms with Crippen LogP contribution in [0, 0.1) is 5.92 Å². The third-order valence-electron chi connectivity index (χ3n) is 3.66. The number of benzene rings is 1. The van der Waals surface area contributed by atoms with Gasteiger partial charge in [0.05, 0.1) is 0 Å². The van der Waals surface area contributed by atoms with Crippen molar-refractivity contribution in [3.63, 3.8) is 0 Å². The van der Waals surface area contributed by atoms with Crippen LogP contribution in [-0.4, -0.2) is 18.7 Å². The number of ether oxygens (including phenoxy) is 2. The molecule has 0 spiro atoms. The van der Waals surface area contributed by atoms with E-state index in [0.29, 0.717) is 29.0 Å². The molecule has 1 aromatic rings. The Kier molecular flexibility index (Phi) is 2.86. The Bertz CT molecular complexity index is 472. The molecule has 2 aliphatic rings. The third-order valence-corrected chi connectivity index (χ3v) is 3.66. The summed E-state index contributed by atoms with van der Waals surface area (Å²) in [5.74, 6) is 2.06. The van der Waals surface area contributed by atoms with Gasteiger partial charge in [-0.3, -0.25) is 4.79 Å². The number of carbonyl (C=O) groups excluding carboxylic acids is 1. The van der Waals surface area contributed by atoms with E-state index in [1.54, 1.807) is 18.2 Å². The van der Waals surface area contributed by atoms with Gasteiger partial charge in [-0.25, -0.2) is 0 Å². The lowest BCUT2D eigenvalue weighted by molar-refractivity contribution is 0.0937. The van der Waals surface area contributed by atoms with Gasteiger partial charge in [0.25, 0.3) is 5.91 Å². The van der Waals surface area contributed by atoms with Crippen LogP contribution in [0.5, 0.6) is 11.5 Å². The minimum atomic E-state index is -0.0209. The second kappa shape index (κ2) is 4.52. The van der Waals surface area contributed by atoms with Crippen molar-refractivity contribution >= 4 is 5.91 Å². The van der Waals surface area contributed by atoms with Crippen molar-refractivity contribution in [1.82, 2.24) is 5.32 Å². The van der Waals surface area contributed by atoms with Gasteiger partial charge in [0.2, 0.25) is 6.79 Å². The average molecular weight is 247 g/mol. The topological polar surface area (TPSA) is 47.6 Å². The molecule has 2 atom stereocenters. The summed E-state index contributed by atoms with van der Waals surface area (Å²) in [6.07, 6.45) is 3.36. The summed E-state index contributed by atoms with van der Waals surface area (Å²) in [4.78, 5) is 12.1. The van der Waals surface area contributed by atoms with Crippen LogP contribution in [0.2, 0.25) is 0 Å². The van der Waals surface area contributed by atoms with E-state index in [1.807, 2.05) is 0 Å². The zero-order chi connectivity index (χ0) is 12.5. The molecule has 3 rings (SSSR count). The summed E-state index contributed by atoms with van der Waals surface area (Å²) in [6, 6.07) is 5.63. The van der Waals surface area contributed by atoms with Crippen molar-refractivity contribution in [2.75, 3.05) is 6.79 Å². The van der Waals surface area contributed by atoms with Crippen LogP contribution in [0.1, 0.15) is 36.5 Å². The molecule has 1 saturated carbocycles. The van der Waals surface area contributed by atoms with Crippen LogP contribution >= 0.6 is 0 Å². The van der Waals surface area contributed by atoms with E-state index in [9.17, 15) is 4.79 Å². The zero-order valence-electron chi connectivity index (χ0n) is 10.4. The van der Waals surface area contributed by atoms with E-state index in [2.05, 4.69) is 12.2 Å². The van der Waals surface area contributed by atoms with E-state index >= 15 is 0 Å². The normalized spacial score (nSPS) is 25.2. The van der Waals surface area contributed by atoms with Gasteiger partial charge >= 0.3 is 0 Å². The largest absolute Gasteiger partial charge is 0.454 e. The van der Waals surface area contributed by atoms with Crippen LogP contribution in [0.25, 0.3) is 0 Å². The lowest BCUT2D eigenvalue weighted by Gasteiger charge is -2.12. The number of rotatable bonds is 2. The molecule has 4 nitrogen and oxygen atoms in total. The first-order chi connectivity index (χ1) is 8.72. The number of hydrogen-bond donors (Lipinski definition) is 1. The predicted molar refractivity (Wildman–Crippen MR) is 66.8 cm³/mol. The van der Waals surface area contributed by atoms with Crippen molar-refractivity contribution in [2.24, 2.45) is 5.92 Å². The molecule has 1 fully saturated rings. The summed E-state index contributed by atoms with van der Waals surface area (Å²) in [6.45, 7) is 2.47. The Morgan fingerprint density at radius 2 is 2.11 bits per heavy atom. The van der Waals surface area contributed by atoms with E-state index in [1.165, 1.54) is 6.42 Å². The average Bonchev–Trinajstić information content (AvgIpc) is 2.96. The molecule has 0 aromatic heterocycles. The van der Waals surface area contributed by atoms with Gasteiger partial charge in [-0.1, -0.05) is 6.92 Å². The molecule has 0 radical (unpaired) electrons. The molecule has 2 unspecified atom stereocenters. The van der Waals surface area contributed by atoms with Crippen LogP contribution in [0.4, 0.5) is 0 Å². The molecule has 1 heterocycles. The molecule has 18 heavy (non-hydrogen) atoms. The maximum Gasteiger partial charge on any atom is 0.251 e. The highest BCUT2D eigenvalue weighted by atomic mass is 16.7. The van der Waals surface area contributed by atoms with E-state index in [4.69, 9.17) is 9.47 Å². The Balaban J connectivity index is 1.69. The Morgan fingerprint density at radius 3 is 2.89 bits per heavy atom. The van der Waals surface area contributed by atoms with Gasteiger partial charge in [-0.15, -0.1) is 0 Å². The number of hydrogen-bond acceptors (Lipinski definition) is 3. The van der Waals surface area contributed by atoms with Crippen molar-refractivity contribution in [3.05, 3.63) is 23.8 Å². The first-order valence-corrected chi connectivity index (χ1v) is 6.43. The van der Waals surface area contributed by atoms with Gasteiger partial charge in [0.1, 0.15) is 0 Å². The third kappa shape index (κ3) is 2.15. The van der Waals surface area contributed by atoms with Gasteiger partial charge < -0.3 is 14.8 Å². The highest BCUT2D eigenvalue weighted by Gasteiger charge is 2.24. The fourth-order valence-electron chi connectivity index (χ4n) is 2.64. The quantitative estimate of drug-likeness (QED) is 0.872. The van der Waals surface area contributed by atoms with Crippen molar-refractivity contribution in [3.8, 4) is 11.5 Å². The van der Waals surface area contributed by atoms with Crippen molar-refractivity contribution in [2.45, 2.75) is 32.2 Å². The smallest absolute Gasteiger partial charge is 0.251 e. The van der Waals surface area contributed by atoms with E-state index in [0.717, 1.165) is 12.8 Å². The van der Waals surface area contributed by atoms with Gasteiger partial charge in [-0.05, 0) is 43.4 Å². The minimum Gasteiger partial charge on any atom is -0.454 e. The molecular formula is C14H17NO3. The standard InChI is InChI=1S/C14H17NO3/c1-9-2-4-11(6-9)15-14(16)10-3-5-12-13(7-10)18-8-17-12/h3,5,7,9,11H,2,4,6,8H2,1H3,(H,15,16). The summed E-state index contributed by atoms with van der Waals surface area (Å²) >= 11 is 0. The van der Waals surface area contributed by atoms with Gasteiger partial charge in [0.15, 0.2) is 11.5 Å². The lowest BCUT2D eigenvalue weighted by atomic mass is 10.1. The van der Waals surface area contributed by atoms with Crippen LogP contribution in [0.3, 0.4) is 0 Å². The number of fused-ring (bicyclic) bond motifs is 1. The lowest BCUT2D eigenvalue weighted by Crippen LogP contribution is -2.32. The molecule has 1 amide bonds. The number of amides is 1. The number of nitrogens with one attached hydrogen (secondary N) is 1. The highest BCUT2D eigenvalue weighted by molar-refractivity contribution is 5.95. The molecule has 1 N–H and O–H groups in total. The first kappa shape index (κ1) is 11.4. The SMILES string of the molecule is CC1CCC(NC(=O)c2ccc3c(c2)OCO3)C1. The summed E-state index contributed by atoms with van der Waals surface area (Å²) in [5.41, 5.74) is 0.638. The molecular weight excluding hydrogens is 230 g/mol. The summed E-state index contributed by atoms with van der Waals surface area (Å²) in [5, 5.41) is 3.08. The summed E-state index contributed by atoms with van der Waals surface area (Å²) < 4.78 is 10.5. The second-order valence-corrected chi connectivity index (χ2v) is 5.16. The summed E-state index contributed by atoms with van der Waals surface area (Å²) in [7, 11) is 0. The Hall–Kier alpha value is -1.71. The van der Waals surface area contributed by atoms with Crippen LogP contribution < -0.4 is 14.8 Å². The Labute approximate surface area is 106 Å². The second-order valence-electron chi connectivity index (χ2n) is 5.16. The minimum absolute atomic E-state index is 0.0209. The molecule has 1 aliphatic heterocycles. The molecule has 1 aliphatic carbocycles. The van der Waals surface area contributed by atoms with Crippen molar-refractivity contribution in [1.29, 1.82) is 0 Å². The fraction of sp³-hybridized carbons (Fsp3) is 0.500. The maximum absolute atomic E-state index is 12.1. The molecule has 96 valence electrons. The van der Waals surface area contributed by atoms with Crippen molar-refractivity contribution < 1.29 is 14.3 Å². The fourth-order valence-corrected chi connectivity index (χ4v) is 2.64. The van der Waals surface area contributed by atoms with E-state index in [-0.39, 0.29) is 12.7 Å². The molecule has 0 bridgehead atoms. The molecule has 0 saturated heterocycles. The van der Waals surface area contributed by atoms with Crippen LogP contribution in [-0.2, 0) is 0 Å². The maximum atomic E-state index is 12.1. The monoisotopic (exact) mass is 247 g/mol. The van der Waals surface area contributed by atoms with Gasteiger partial charge in [-0.2, -0.15) is 0 Å². The molecule has 1 aromatic carbocycles. The first-order valence-electron chi connectivity index (χ1n) is 6.43. The number of carbonyl (C=O) groups is 1. The van der Waals surface area contributed by atoms with E-state index < -0.39 is 0 Å². The molecule has 4 heteroatoms. The predicted octanol–water partition coefficient (Wildman–Crippen LogP) is 2.33. The zero-order valence-corrected chi connectivity index (χ0v) is 10.4.